The second-order valence-corrected chi connectivity index (χ2v) is 4.43. The fraction of sp³-hybridized carbons (Fsp3) is 0.308. The van der Waals surface area contributed by atoms with Gasteiger partial charge in [-0.25, -0.2) is 0 Å². The van der Waals surface area contributed by atoms with Crippen LogP contribution >= 0.6 is 0 Å². The highest BCUT2D eigenvalue weighted by Crippen LogP contribution is 2.42. The van der Waals surface area contributed by atoms with E-state index in [1.54, 1.807) is 12.1 Å². The molecule has 3 rings (SSSR count). The van der Waals surface area contributed by atoms with Crippen LogP contribution in [0.1, 0.15) is 30.1 Å². The topological polar surface area (TPSA) is 26.0 Å². The molecular formula is C13H10F3NO. The first-order valence-electron chi connectivity index (χ1n) is 5.69. The monoisotopic (exact) mass is 253 g/mol. The van der Waals surface area contributed by atoms with Gasteiger partial charge in [0, 0.05) is 17.5 Å². The average molecular weight is 253 g/mol. The van der Waals surface area contributed by atoms with E-state index in [1.165, 1.54) is 12.1 Å². The zero-order chi connectivity index (χ0) is 12.8. The zero-order valence-corrected chi connectivity index (χ0v) is 9.37. The summed E-state index contributed by atoms with van der Waals surface area (Å²) in [6.07, 6.45) is -2.33. The minimum absolute atomic E-state index is 0.0700. The van der Waals surface area contributed by atoms with Crippen LogP contribution in [0.3, 0.4) is 0 Å². The number of rotatable bonds is 2. The van der Waals surface area contributed by atoms with Crippen LogP contribution in [-0.4, -0.2) is 5.16 Å². The predicted molar refractivity (Wildman–Crippen MR) is 58.9 cm³/mol. The summed E-state index contributed by atoms with van der Waals surface area (Å²) in [5, 5.41) is 3.75. The fourth-order valence-electron chi connectivity index (χ4n) is 1.93. The van der Waals surface area contributed by atoms with Crippen LogP contribution in [0.15, 0.2) is 34.9 Å². The maximum Gasteiger partial charge on any atom is 0.417 e. The summed E-state index contributed by atoms with van der Waals surface area (Å²) in [5.41, 5.74) is -0.355. The summed E-state index contributed by atoms with van der Waals surface area (Å²) in [5.74, 6) is 1.02. The molecule has 1 aliphatic carbocycles. The molecule has 0 aliphatic heterocycles. The molecule has 0 saturated heterocycles. The quantitative estimate of drug-likeness (QED) is 0.800. The summed E-state index contributed by atoms with van der Waals surface area (Å²) in [7, 11) is 0. The van der Waals surface area contributed by atoms with Crippen LogP contribution in [0.5, 0.6) is 0 Å². The second kappa shape index (κ2) is 3.86. The van der Waals surface area contributed by atoms with E-state index < -0.39 is 11.7 Å². The Morgan fingerprint density at radius 2 is 1.89 bits per heavy atom. The Morgan fingerprint density at radius 1 is 1.17 bits per heavy atom. The Labute approximate surface area is 101 Å². The van der Waals surface area contributed by atoms with Crippen molar-refractivity contribution in [2.75, 3.05) is 0 Å². The molecule has 1 aromatic carbocycles. The highest BCUT2D eigenvalue weighted by Gasteiger charge is 2.35. The molecule has 94 valence electrons. The zero-order valence-electron chi connectivity index (χ0n) is 9.37. The number of nitrogens with zero attached hydrogens (tertiary/aromatic N) is 1. The van der Waals surface area contributed by atoms with Crippen molar-refractivity contribution in [3.63, 3.8) is 0 Å². The van der Waals surface area contributed by atoms with E-state index in [4.69, 9.17) is 4.52 Å². The largest absolute Gasteiger partial charge is 0.417 e. The molecule has 1 heterocycles. The Morgan fingerprint density at radius 3 is 2.56 bits per heavy atom. The van der Waals surface area contributed by atoms with Gasteiger partial charge in [-0.15, -0.1) is 0 Å². The van der Waals surface area contributed by atoms with Gasteiger partial charge in [0.1, 0.15) is 11.5 Å². The molecule has 0 bridgehead atoms. The third-order valence-electron chi connectivity index (χ3n) is 3.02. The third kappa shape index (κ3) is 2.00. The van der Waals surface area contributed by atoms with E-state index >= 15 is 0 Å². The minimum Gasteiger partial charge on any atom is -0.360 e. The molecule has 1 fully saturated rings. The summed E-state index contributed by atoms with van der Waals surface area (Å²) >= 11 is 0. The smallest absolute Gasteiger partial charge is 0.360 e. The number of alkyl halides is 3. The van der Waals surface area contributed by atoms with Gasteiger partial charge in [0.25, 0.3) is 0 Å². The minimum atomic E-state index is -4.38. The molecule has 18 heavy (non-hydrogen) atoms. The first-order chi connectivity index (χ1) is 8.55. The maximum atomic E-state index is 12.9. The van der Waals surface area contributed by atoms with Crippen LogP contribution in [-0.2, 0) is 6.18 Å². The molecule has 0 amide bonds. The lowest BCUT2D eigenvalue weighted by molar-refractivity contribution is -0.137. The average Bonchev–Trinajstić information content (AvgIpc) is 3.06. The van der Waals surface area contributed by atoms with E-state index in [0.29, 0.717) is 11.7 Å². The van der Waals surface area contributed by atoms with Crippen LogP contribution < -0.4 is 0 Å². The molecule has 1 aliphatic rings. The molecule has 0 unspecified atom stereocenters. The van der Waals surface area contributed by atoms with Crippen LogP contribution in [0.2, 0.25) is 0 Å². The predicted octanol–water partition coefficient (Wildman–Crippen LogP) is 4.24. The number of aromatic nitrogens is 1. The summed E-state index contributed by atoms with van der Waals surface area (Å²) in [4.78, 5) is 0. The van der Waals surface area contributed by atoms with Gasteiger partial charge in [-0.3, -0.25) is 0 Å². The molecule has 5 heteroatoms. The van der Waals surface area contributed by atoms with Crippen molar-refractivity contribution in [1.82, 2.24) is 5.16 Å². The maximum absolute atomic E-state index is 12.9. The fourth-order valence-corrected chi connectivity index (χ4v) is 1.93. The number of hydrogen-bond acceptors (Lipinski definition) is 2. The van der Waals surface area contributed by atoms with Gasteiger partial charge in [0.2, 0.25) is 0 Å². The number of hydrogen-bond donors (Lipinski definition) is 0. The van der Waals surface area contributed by atoms with Crippen LogP contribution in [0, 0.1) is 0 Å². The Hall–Kier alpha value is -1.78. The van der Waals surface area contributed by atoms with E-state index in [-0.39, 0.29) is 11.3 Å². The van der Waals surface area contributed by atoms with Crippen LogP contribution in [0.4, 0.5) is 13.2 Å². The lowest BCUT2D eigenvalue weighted by Crippen LogP contribution is -2.06. The SMILES string of the molecule is FC(F)(F)c1ccccc1-c1cc(C2CC2)on1. The van der Waals surface area contributed by atoms with Crippen molar-refractivity contribution in [2.24, 2.45) is 0 Å². The lowest BCUT2D eigenvalue weighted by Gasteiger charge is -2.10. The van der Waals surface area contributed by atoms with E-state index in [2.05, 4.69) is 5.16 Å². The van der Waals surface area contributed by atoms with Crippen molar-refractivity contribution >= 4 is 0 Å². The van der Waals surface area contributed by atoms with Crippen molar-refractivity contribution in [3.8, 4) is 11.3 Å². The molecule has 0 radical (unpaired) electrons. The standard InChI is InChI=1S/C13H10F3NO/c14-13(15,16)10-4-2-1-3-9(10)11-7-12(18-17-11)8-5-6-8/h1-4,7-8H,5-6H2. The number of halogens is 3. The van der Waals surface area contributed by atoms with Crippen molar-refractivity contribution in [2.45, 2.75) is 24.9 Å². The molecule has 2 nitrogen and oxygen atoms in total. The molecule has 2 aromatic rings. The van der Waals surface area contributed by atoms with Crippen molar-refractivity contribution in [3.05, 3.63) is 41.7 Å². The number of benzene rings is 1. The first-order valence-corrected chi connectivity index (χ1v) is 5.69. The highest BCUT2D eigenvalue weighted by molar-refractivity contribution is 5.64. The van der Waals surface area contributed by atoms with Gasteiger partial charge in [0.15, 0.2) is 0 Å². The third-order valence-corrected chi connectivity index (χ3v) is 3.02. The molecule has 0 spiro atoms. The van der Waals surface area contributed by atoms with Gasteiger partial charge in [0.05, 0.1) is 5.56 Å². The van der Waals surface area contributed by atoms with Crippen LogP contribution in [0.25, 0.3) is 11.3 Å². The first kappa shape index (κ1) is 11.3. The summed E-state index contributed by atoms with van der Waals surface area (Å²) < 4.78 is 43.7. The van der Waals surface area contributed by atoms with Crippen molar-refractivity contribution in [1.29, 1.82) is 0 Å². The van der Waals surface area contributed by atoms with Gasteiger partial charge in [-0.1, -0.05) is 23.4 Å². The van der Waals surface area contributed by atoms with Gasteiger partial charge >= 0.3 is 6.18 Å². The van der Waals surface area contributed by atoms with Gasteiger partial charge < -0.3 is 4.52 Å². The lowest BCUT2D eigenvalue weighted by atomic mass is 10.0. The highest BCUT2D eigenvalue weighted by atomic mass is 19.4. The molecule has 1 aromatic heterocycles. The Bertz CT molecular complexity index is 570. The van der Waals surface area contributed by atoms with E-state index in [1.807, 2.05) is 0 Å². The molecule has 0 N–H and O–H groups in total. The Kier molecular flexibility index (Phi) is 2.43. The summed E-state index contributed by atoms with van der Waals surface area (Å²) in [6, 6.07) is 7.02. The second-order valence-electron chi connectivity index (χ2n) is 4.43. The normalized spacial score (nSPS) is 15.9. The van der Waals surface area contributed by atoms with E-state index in [9.17, 15) is 13.2 Å². The van der Waals surface area contributed by atoms with Gasteiger partial charge in [-0.05, 0) is 18.9 Å². The summed E-state index contributed by atoms with van der Waals surface area (Å²) in [6.45, 7) is 0. The van der Waals surface area contributed by atoms with Crippen molar-refractivity contribution < 1.29 is 17.7 Å². The van der Waals surface area contributed by atoms with E-state index in [0.717, 1.165) is 18.9 Å². The molecule has 1 saturated carbocycles. The molecule has 0 atom stereocenters. The Balaban J connectivity index is 2.04. The molecular weight excluding hydrogens is 243 g/mol. The van der Waals surface area contributed by atoms with Gasteiger partial charge in [-0.2, -0.15) is 13.2 Å².